The molecule has 1 heterocycles. The predicted molar refractivity (Wildman–Crippen MR) is 50.1 cm³/mol. The van der Waals surface area contributed by atoms with E-state index in [2.05, 4.69) is 13.5 Å². The molecular formula is C11H16O2. The monoisotopic (exact) mass is 180 g/mol. The number of rotatable bonds is 0. The van der Waals surface area contributed by atoms with Crippen molar-refractivity contribution in [3.8, 4) is 0 Å². The Labute approximate surface area is 79.0 Å². The minimum absolute atomic E-state index is 0.143. The molecule has 0 aromatic rings. The maximum absolute atomic E-state index is 11.2. The van der Waals surface area contributed by atoms with Gasteiger partial charge in [0.2, 0.25) is 0 Å². The van der Waals surface area contributed by atoms with Crippen LogP contribution in [0.15, 0.2) is 12.2 Å². The molecule has 3 atom stereocenters. The topological polar surface area (TPSA) is 26.3 Å². The highest BCUT2D eigenvalue weighted by atomic mass is 16.6. The zero-order valence-electron chi connectivity index (χ0n) is 8.08. The molecule has 0 N–H and O–H groups in total. The van der Waals surface area contributed by atoms with E-state index in [0.717, 1.165) is 18.8 Å². The Morgan fingerprint density at radius 3 is 2.77 bits per heavy atom. The van der Waals surface area contributed by atoms with Crippen molar-refractivity contribution in [2.24, 2.45) is 11.8 Å². The molecule has 1 aliphatic carbocycles. The molecule has 2 nitrogen and oxygen atoms in total. The zero-order valence-corrected chi connectivity index (χ0v) is 8.08. The molecule has 1 saturated carbocycles. The molecule has 2 fully saturated rings. The Hall–Kier alpha value is -0.790. The lowest BCUT2D eigenvalue weighted by Crippen LogP contribution is -2.14. The molecule has 0 spiro atoms. The molecule has 1 aliphatic heterocycles. The SMILES string of the molecule is C=C1C(=O)O[C@H]2CCC(C)CC[C@@H]12. The first-order valence-electron chi connectivity index (χ1n) is 5.08. The molecule has 1 saturated heterocycles. The van der Waals surface area contributed by atoms with Crippen LogP contribution in [-0.4, -0.2) is 12.1 Å². The van der Waals surface area contributed by atoms with E-state index in [0.29, 0.717) is 11.5 Å². The molecular weight excluding hydrogens is 164 g/mol. The second-order valence-corrected chi connectivity index (χ2v) is 4.34. The summed E-state index contributed by atoms with van der Waals surface area (Å²) in [6, 6.07) is 0. The van der Waals surface area contributed by atoms with Crippen molar-refractivity contribution in [1.29, 1.82) is 0 Å². The first-order chi connectivity index (χ1) is 6.18. The van der Waals surface area contributed by atoms with E-state index in [1.54, 1.807) is 0 Å². The summed E-state index contributed by atoms with van der Waals surface area (Å²) in [7, 11) is 0. The summed E-state index contributed by atoms with van der Waals surface area (Å²) in [4.78, 5) is 11.2. The number of hydrogen-bond acceptors (Lipinski definition) is 2. The van der Waals surface area contributed by atoms with Crippen LogP contribution in [0.1, 0.15) is 32.6 Å². The molecule has 13 heavy (non-hydrogen) atoms. The fourth-order valence-corrected chi connectivity index (χ4v) is 2.35. The van der Waals surface area contributed by atoms with Gasteiger partial charge in [0.05, 0.1) is 0 Å². The van der Waals surface area contributed by atoms with E-state index in [1.807, 2.05) is 0 Å². The Kier molecular flexibility index (Phi) is 2.14. The third-order valence-corrected chi connectivity index (χ3v) is 3.33. The van der Waals surface area contributed by atoms with Gasteiger partial charge in [-0.15, -0.1) is 0 Å². The largest absolute Gasteiger partial charge is 0.458 e. The van der Waals surface area contributed by atoms with Crippen molar-refractivity contribution in [2.45, 2.75) is 38.7 Å². The lowest BCUT2D eigenvalue weighted by Gasteiger charge is -2.12. The Morgan fingerprint density at radius 1 is 1.31 bits per heavy atom. The van der Waals surface area contributed by atoms with Crippen LogP contribution < -0.4 is 0 Å². The Morgan fingerprint density at radius 2 is 2.00 bits per heavy atom. The van der Waals surface area contributed by atoms with Gasteiger partial charge in [-0.25, -0.2) is 4.79 Å². The van der Waals surface area contributed by atoms with Gasteiger partial charge in [0.1, 0.15) is 6.10 Å². The van der Waals surface area contributed by atoms with Crippen LogP contribution in [0, 0.1) is 11.8 Å². The third kappa shape index (κ3) is 1.50. The van der Waals surface area contributed by atoms with E-state index in [4.69, 9.17) is 4.74 Å². The number of ether oxygens (including phenoxy) is 1. The van der Waals surface area contributed by atoms with Gasteiger partial charge < -0.3 is 4.74 Å². The van der Waals surface area contributed by atoms with Crippen molar-refractivity contribution in [2.75, 3.05) is 0 Å². The molecule has 0 radical (unpaired) electrons. The lowest BCUT2D eigenvalue weighted by molar-refractivity contribution is -0.139. The van der Waals surface area contributed by atoms with Gasteiger partial charge in [0.25, 0.3) is 0 Å². The second kappa shape index (κ2) is 3.17. The molecule has 2 heteroatoms. The van der Waals surface area contributed by atoms with Crippen LogP contribution in [0.5, 0.6) is 0 Å². The summed E-state index contributed by atoms with van der Waals surface area (Å²) in [5, 5.41) is 0. The average Bonchev–Trinajstić information content (AvgIpc) is 2.28. The van der Waals surface area contributed by atoms with Crippen LogP contribution in [0.4, 0.5) is 0 Å². The first kappa shape index (κ1) is 8.79. The average molecular weight is 180 g/mol. The molecule has 2 rings (SSSR count). The first-order valence-corrected chi connectivity index (χ1v) is 5.08. The smallest absolute Gasteiger partial charge is 0.334 e. The molecule has 0 bridgehead atoms. The van der Waals surface area contributed by atoms with Gasteiger partial charge in [0.15, 0.2) is 0 Å². The van der Waals surface area contributed by atoms with Crippen LogP contribution in [0.2, 0.25) is 0 Å². The minimum atomic E-state index is -0.162. The molecule has 72 valence electrons. The normalized spacial score (nSPS) is 39.6. The van der Waals surface area contributed by atoms with E-state index in [-0.39, 0.29) is 12.1 Å². The fraction of sp³-hybridized carbons (Fsp3) is 0.727. The molecule has 1 unspecified atom stereocenters. The quantitative estimate of drug-likeness (QED) is 0.422. The highest BCUT2D eigenvalue weighted by molar-refractivity contribution is 5.90. The fourth-order valence-electron chi connectivity index (χ4n) is 2.35. The van der Waals surface area contributed by atoms with Crippen LogP contribution in [0.25, 0.3) is 0 Å². The van der Waals surface area contributed by atoms with Crippen molar-refractivity contribution in [3.05, 3.63) is 12.2 Å². The van der Waals surface area contributed by atoms with E-state index in [1.165, 1.54) is 12.8 Å². The van der Waals surface area contributed by atoms with Gasteiger partial charge in [-0.3, -0.25) is 0 Å². The Balaban J connectivity index is 2.12. The van der Waals surface area contributed by atoms with Crippen LogP contribution >= 0.6 is 0 Å². The van der Waals surface area contributed by atoms with Crippen LogP contribution in [0.3, 0.4) is 0 Å². The summed E-state index contributed by atoms with van der Waals surface area (Å²) in [5.74, 6) is 0.930. The molecule has 0 aromatic carbocycles. The lowest BCUT2D eigenvalue weighted by atomic mass is 9.92. The minimum Gasteiger partial charge on any atom is -0.458 e. The van der Waals surface area contributed by atoms with Gasteiger partial charge in [-0.1, -0.05) is 13.5 Å². The number of carbonyl (C=O) groups excluding carboxylic acids is 1. The third-order valence-electron chi connectivity index (χ3n) is 3.33. The number of esters is 1. The van der Waals surface area contributed by atoms with E-state index < -0.39 is 0 Å². The summed E-state index contributed by atoms with van der Waals surface area (Å²) in [6.07, 6.45) is 4.64. The standard InChI is InChI=1S/C11H16O2/c1-7-3-5-9-8(2)11(12)13-10(9)6-4-7/h7,9-10H,2-6H2,1H3/t7?,9-,10-/m0/s1. The van der Waals surface area contributed by atoms with Crippen molar-refractivity contribution < 1.29 is 9.53 Å². The molecule has 2 aliphatic rings. The summed E-state index contributed by atoms with van der Waals surface area (Å²) < 4.78 is 5.27. The van der Waals surface area contributed by atoms with E-state index >= 15 is 0 Å². The number of fused-ring (bicyclic) bond motifs is 1. The maximum atomic E-state index is 11.2. The summed E-state index contributed by atoms with van der Waals surface area (Å²) >= 11 is 0. The highest BCUT2D eigenvalue weighted by Gasteiger charge is 2.39. The highest BCUT2D eigenvalue weighted by Crippen LogP contribution is 2.37. The van der Waals surface area contributed by atoms with Gasteiger partial charge in [-0.2, -0.15) is 0 Å². The van der Waals surface area contributed by atoms with Crippen molar-refractivity contribution in [3.63, 3.8) is 0 Å². The van der Waals surface area contributed by atoms with E-state index in [9.17, 15) is 4.79 Å². The van der Waals surface area contributed by atoms with Crippen LogP contribution in [-0.2, 0) is 9.53 Å². The second-order valence-electron chi connectivity index (χ2n) is 4.34. The summed E-state index contributed by atoms with van der Waals surface area (Å²) in [5.41, 5.74) is 0.708. The predicted octanol–water partition coefficient (Wildman–Crippen LogP) is 2.29. The molecule has 0 aromatic heterocycles. The Bertz CT molecular complexity index is 244. The van der Waals surface area contributed by atoms with Crippen molar-refractivity contribution in [1.82, 2.24) is 0 Å². The van der Waals surface area contributed by atoms with Crippen molar-refractivity contribution >= 4 is 5.97 Å². The molecule has 0 amide bonds. The number of carbonyl (C=O) groups is 1. The maximum Gasteiger partial charge on any atom is 0.334 e. The van der Waals surface area contributed by atoms with Gasteiger partial charge in [-0.05, 0) is 31.6 Å². The summed E-state index contributed by atoms with van der Waals surface area (Å²) in [6.45, 7) is 6.08. The van der Waals surface area contributed by atoms with Gasteiger partial charge in [0, 0.05) is 11.5 Å². The zero-order chi connectivity index (χ0) is 9.42. The van der Waals surface area contributed by atoms with Gasteiger partial charge >= 0.3 is 5.97 Å². The number of hydrogen-bond donors (Lipinski definition) is 0.